The number of rotatable bonds is 4. The number of hydrogen-bond acceptors (Lipinski definition) is 2. The minimum absolute atomic E-state index is 0.238. The van der Waals surface area contributed by atoms with E-state index in [1.54, 1.807) is 19.1 Å². The molecule has 0 aromatic heterocycles. The Balaban J connectivity index is 2.54. The minimum Gasteiger partial charge on any atom is -0.478 e. The largest absolute Gasteiger partial charge is 0.478 e. The van der Waals surface area contributed by atoms with E-state index in [4.69, 9.17) is 4.74 Å². The maximum absolute atomic E-state index is 11.4. The second-order valence-electron chi connectivity index (χ2n) is 4.83. The molecule has 2 rings (SSSR count). The van der Waals surface area contributed by atoms with Crippen molar-refractivity contribution in [1.82, 2.24) is 0 Å². The summed E-state index contributed by atoms with van der Waals surface area (Å²) >= 11 is 0. The monoisotopic (exact) mass is 282 g/mol. The van der Waals surface area contributed by atoms with Crippen molar-refractivity contribution in [2.45, 2.75) is 20.8 Å². The van der Waals surface area contributed by atoms with Crippen molar-refractivity contribution in [3.8, 4) is 11.5 Å². The van der Waals surface area contributed by atoms with Crippen molar-refractivity contribution in [2.24, 2.45) is 0 Å². The van der Waals surface area contributed by atoms with Crippen LogP contribution in [0.25, 0.3) is 5.57 Å². The maximum atomic E-state index is 11.4. The third-order valence-corrected chi connectivity index (χ3v) is 3.33. The Kier molecular flexibility index (Phi) is 4.43. The fourth-order valence-corrected chi connectivity index (χ4v) is 2.18. The molecule has 0 aliphatic heterocycles. The van der Waals surface area contributed by atoms with Gasteiger partial charge in [-0.25, -0.2) is 4.79 Å². The van der Waals surface area contributed by atoms with Crippen LogP contribution in [0.15, 0.2) is 48.5 Å². The number of para-hydroxylation sites is 2. The first-order valence-corrected chi connectivity index (χ1v) is 6.77. The van der Waals surface area contributed by atoms with Crippen LogP contribution in [0.3, 0.4) is 0 Å². The van der Waals surface area contributed by atoms with E-state index in [0.717, 1.165) is 16.9 Å². The van der Waals surface area contributed by atoms with Gasteiger partial charge in [-0.1, -0.05) is 42.5 Å². The normalized spacial score (nSPS) is 11.3. The molecule has 0 amide bonds. The standard InChI is InChI=1S/C18H18O3/c1-4-14(18(19)20)15-10-7-9-13(3)17(15)21-16-11-6-5-8-12(16)2/h4-11H,1-3H3,(H,19,20). The van der Waals surface area contributed by atoms with Crippen LogP contribution in [-0.2, 0) is 4.79 Å². The number of hydrogen-bond donors (Lipinski definition) is 1. The Morgan fingerprint density at radius 1 is 1.05 bits per heavy atom. The molecular weight excluding hydrogens is 264 g/mol. The third-order valence-electron chi connectivity index (χ3n) is 3.33. The van der Waals surface area contributed by atoms with Gasteiger partial charge < -0.3 is 9.84 Å². The summed E-state index contributed by atoms with van der Waals surface area (Å²) < 4.78 is 6.00. The molecule has 0 atom stereocenters. The van der Waals surface area contributed by atoms with Crippen molar-refractivity contribution < 1.29 is 14.6 Å². The Bertz CT molecular complexity index is 699. The lowest BCUT2D eigenvalue weighted by molar-refractivity contribution is -0.130. The molecule has 0 saturated heterocycles. The van der Waals surface area contributed by atoms with E-state index in [0.29, 0.717) is 11.3 Å². The first-order valence-electron chi connectivity index (χ1n) is 6.77. The topological polar surface area (TPSA) is 46.5 Å². The van der Waals surface area contributed by atoms with Crippen LogP contribution < -0.4 is 4.74 Å². The Hall–Kier alpha value is -2.55. The molecule has 0 bridgehead atoms. The molecule has 0 saturated carbocycles. The highest BCUT2D eigenvalue weighted by atomic mass is 16.5. The number of ether oxygens (including phenoxy) is 1. The van der Waals surface area contributed by atoms with Crippen LogP contribution >= 0.6 is 0 Å². The summed E-state index contributed by atoms with van der Waals surface area (Å²) in [5, 5.41) is 9.34. The second-order valence-corrected chi connectivity index (χ2v) is 4.83. The summed E-state index contributed by atoms with van der Waals surface area (Å²) in [4.78, 5) is 11.4. The van der Waals surface area contributed by atoms with Crippen molar-refractivity contribution in [1.29, 1.82) is 0 Å². The molecule has 0 fully saturated rings. The van der Waals surface area contributed by atoms with E-state index >= 15 is 0 Å². The van der Waals surface area contributed by atoms with Gasteiger partial charge in [0.15, 0.2) is 0 Å². The molecule has 0 unspecified atom stereocenters. The number of benzene rings is 2. The van der Waals surface area contributed by atoms with Gasteiger partial charge in [-0.3, -0.25) is 0 Å². The molecular formula is C18H18O3. The molecule has 0 aliphatic carbocycles. The average molecular weight is 282 g/mol. The molecule has 2 aromatic rings. The van der Waals surface area contributed by atoms with Crippen molar-refractivity contribution >= 4 is 11.5 Å². The van der Waals surface area contributed by atoms with Crippen LogP contribution in [-0.4, -0.2) is 11.1 Å². The fourth-order valence-electron chi connectivity index (χ4n) is 2.18. The number of aliphatic carboxylic acids is 1. The summed E-state index contributed by atoms with van der Waals surface area (Å²) in [5.41, 5.74) is 2.73. The summed E-state index contributed by atoms with van der Waals surface area (Å²) in [6, 6.07) is 13.2. The zero-order chi connectivity index (χ0) is 15.4. The van der Waals surface area contributed by atoms with Crippen molar-refractivity contribution in [3.05, 3.63) is 65.2 Å². The van der Waals surface area contributed by atoms with Crippen LogP contribution in [0.4, 0.5) is 0 Å². The molecule has 2 aromatic carbocycles. The SMILES string of the molecule is CC=C(C(=O)O)c1cccc(C)c1Oc1ccccc1C. The highest BCUT2D eigenvalue weighted by Gasteiger charge is 2.17. The Morgan fingerprint density at radius 2 is 1.71 bits per heavy atom. The highest BCUT2D eigenvalue weighted by molar-refractivity contribution is 6.16. The quantitative estimate of drug-likeness (QED) is 0.835. The van der Waals surface area contributed by atoms with E-state index in [1.165, 1.54) is 0 Å². The lowest BCUT2D eigenvalue weighted by atomic mass is 10.0. The number of carboxylic acid groups (broad SMARTS) is 1. The third kappa shape index (κ3) is 3.14. The summed E-state index contributed by atoms with van der Waals surface area (Å²) in [6.45, 7) is 5.58. The van der Waals surface area contributed by atoms with Gasteiger partial charge >= 0.3 is 5.97 Å². The summed E-state index contributed by atoms with van der Waals surface area (Å²) in [7, 11) is 0. The van der Waals surface area contributed by atoms with E-state index < -0.39 is 5.97 Å². The lowest BCUT2D eigenvalue weighted by Gasteiger charge is -2.15. The molecule has 21 heavy (non-hydrogen) atoms. The predicted molar refractivity (Wildman–Crippen MR) is 83.7 cm³/mol. The van der Waals surface area contributed by atoms with E-state index in [9.17, 15) is 9.90 Å². The van der Waals surface area contributed by atoms with Gasteiger partial charge in [-0.2, -0.15) is 0 Å². The maximum Gasteiger partial charge on any atom is 0.336 e. The molecule has 3 heteroatoms. The molecule has 0 heterocycles. The van der Waals surface area contributed by atoms with Gasteiger partial charge in [0.25, 0.3) is 0 Å². The van der Waals surface area contributed by atoms with E-state index in [2.05, 4.69) is 0 Å². The van der Waals surface area contributed by atoms with Gasteiger partial charge in [0, 0.05) is 5.56 Å². The zero-order valence-electron chi connectivity index (χ0n) is 12.4. The van der Waals surface area contributed by atoms with E-state index in [1.807, 2.05) is 50.2 Å². The van der Waals surface area contributed by atoms with Gasteiger partial charge in [0.05, 0.1) is 5.57 Å². The highest BCUT2D eigenvalue weighted by Crippen LogP contribution is 2.34. The van der Waals surface area contributed by atoms with Crippen molar-refractivity contribution in [3.63, 3.8) is 0 Å². The Morgan fingerprint density at radius 3 is 2.33 bits per heavy atom. The van der Waals surface area contributed by atoms with Crippen LogP contribution in [0.1, 0.15) is 23.6 Å². The van der Waals surface area contributed by atoms with Gasteiger partial charge in [-0.15, -0.1) is 0 Å². The molecule has 1 N–H and O–H groups in total. The second kappa shape index (κ2) is 6.27. The van der Waals surface area contributed by atoms with Crippen LogP contribution in [0.2, 0.25) is 0 Å². The van der Waals surface area contributed by atoms with Gasteiger partial charge in [0.2, 0.25) is 0 Å². The first kappa shape index (κ1) is 14.9. The lowest BCUT2D eigenvalue weighted by Crippen LogP contribution is -2.02. The molecule has 3 nitrogen and oxygen atoms in total. The summed E-state index contributed by atoms with van der Waals surface area (Å²) in [6.07, 6.45) is 1.59. The summed E-state index contributed by atoms with van der Waals surface area (Å²) in [5.74, 6) is 0.355. The number of aryl methyl sites for hydroxylation is 2. The fraction of sp³-hybridized carbons (Fsp3) is 0.167. The number of carbonyl (C=O) groups is 1. The molecule has 0 aliphatic rings. The van der Waals surface area contributed by atoms with Gasteiger partial charge in [-0.05, 0) is 38.0 Å². The van der Waals surface area contributed by atoms with Gasteiger partial charge in [0.1, 0.15) is 11.5 Å². The Labute approximate surface area is 124 Å². The minimum atomic E-state index is -0.960. The van der Waals surface area contributed by atoms with E-state index in [-0.39, 0.29) is 5.57 Å². The zero-order valence-corrected chi connectivity index (χ0v) is 12.4. The predicted octanol–water partition coefficient (Wildman–Crippen LogP) is 4.58. The number of allylic oxidation sites excluding steroid dienone is 1. The average Bonchev–Trinajstić information content (AvgIpc) is 2.45. The molecule has 0 radical (unpaired) electrons. The number of carboxylic acids is 1. The first-order chi connectivity index (χ1) is 10.0. The molecule has 108 valence electrons. The van der Waals surface area contributed by atoms with Crippen molar-refractivity contribution in [2.75, 3.05) is 0 Å². The molecule has 0 spiro atoms. The van der Waals surface area contributed by atoms with Crippen LogP contribution in [0.5, 0.6) is 11.5 Å². The smallest absolute Gasteiger partial charge is 0.336 e. The van der Waals surface area contributed by atoms with Crippen LogP contribution in [0, 0.1) is 13.8 Å².